The van der Waals surface area contributed by atoms with Gasteiger partial charge >= 0.3 is 0 Å². The van der Waals surface area contributed by atoms with Crippen LogP contribution in [0.5, 0.6) is 0 Å². The average molecular weight is 387 g/mol. The molecule has 3 aromatic heterocycles. The maximum Gasteiger partial charge on any atom is 0.263 e. The van der Waals surface area contributed by atoms with E-state index >= 15 is 0 Å². The lowest BCUT2D eigenvalue weighted by Gasteiger charge is -2.33. The van der Waals surface area contributed by atoms with E-state index < -0.39 is 0 Å². The van der Waals surface area contributed by atoms with Crippen molar-refractivity contribution in [1.82, 2.24) is 19.8 Å². The van der Waals surface area contributed by atoms with Crippen molar-refractivity contribution in [2.24, 2.45) is 0 Å². The molecule has 26 heavy (non-hydrogen) atoms. The number of carbonyl (C=O) groups excluding carboxylic acids is 1. The normalized spacial score (nSPS) is 18.3. The molecule has 4 heterocycles. The van der Waals surface area contributed by atoms with E-state index in [-0.39, 0.29) is 5.91 Å². The standard InChI is InChI=1S/C19H22N4OS2/c1-22(2)19(24)17-16(15-6-3-7-20-18(15)26-17)13-5-4-8-23(9-13)10-14-11-25-12-21-14/h3,6-7,11-13H,4-5,8-10H2,1-2H3/t13-/m0/s1. The van der Waals surface area contributed by atoms with E-state index in [2.05, 4.69) is 26.3 Å². The van der Waals surface area contributed by atoms with Gasteiger partial charge in [-0.15, -0.1) is 22.7 Å². The van der Waals surface area contributed by atoms with Crippen LogP contribution in [0.1, 0.15) is 39.7 Å². The Morgan fingerprint density at radius 1 is 1.38 bits per heavy atom. The number of nitrogens with zero attached hydrogens (tertiary/aromatic N) is 4. The zero-order chi connectivity index (χ0) is 18.1. The minimum absolute atomic E-state index is 0.0830. The minimum atomic E-state index is 0.0830. The molecule has 1 atom stereocenters. The molecule has 0 aromatic carbocycles. The molecule has 7 heteroatoms. The lowest BCUT2D eigenvalue weighted by Crippen LogP contribution is -2.34. The Kier molecular flexibility index (Phi) is 5.02. The van der Waals surface area contributed by atoms with Gasteiger partial charge in [-0.1, -0.05) is 6.07 Å². The highest BCUT2D eigenvalue weighted by Gasteiger charge is 2.29. The Morgan fingerprint density at radius 2 is 2.27 bits per heavy atom. The molecule has 1 fully saturated rings. The van der Waals surface area contributed by atoms with Gasteiger partial charge in [0.1, 0.15) is 4.83 Å². The maximum atomic E-state index is 12.8. The van der Waals surface area contributed by atoms with E-state index in [4.69, 9.17) is 0 Å². The monoisotopic (exact) mass is 386 g/mol. The summed E-state index contributed by atoms with van der Waals surface area (Å²) in [5.74, 6) is 0.443. The molecule has 1 aliphatic rings. The van der Waals surface area contributed by atoms with Crippen molar-refractivity contribution in [2.45, 2.75) is 25.3 Å². The largest absolute Gasteiger partial charge is 0.344 e. The highest BCUT2D eigenvalue weighted by Crippen LogP contribution is 2.39. The molecule has 0 N–H and O–H groups in total. The molecule has 0 saturated carbocycles. The number of hydrogen-bond donors (Lipinski definition) is 0. The second kappa shape index (κ2) is 7.42. The summed E-state index contributed by atoms with van der Waals surface area (Å²) in [5, 5.41) is 3.26. The number of thiophene rings is 1. The van der Waals surface area contributed by atoms with E-state index in [1.807, 2.05) is 31.9 Å². The molecule has 0 aliphatic carbocycles. The summed E-state index contributed by atoms with van der Waals surface area (Å²) in [6, 6.07) is 4.08. The van der Waals surface area contributed by atoms with Crippen LogP contribution in [0.15, 0.2) is 29.2 Å². The van der Waals surface area contributed by atoms with Crippen LogP contribution in [0, 0.1) is 0 Å². The number of likely N-dealkylation sites (tertiary alicyclic amines) is 1. The van der Waals surface area contributed by atoms with Crippen LogP contribution in [-0.4, -0.2) is 52.9 Å². The minimum Gasteiger partial charge on any atom is -0.344 e. The van der Waals surface area contributed by atoms with E-state index in [9.17, 15) is 4.79 Å². The molecule has 1 saturated heterocycles. The van der Waals surface area contributed by atoms with Crippen molar-refractivity contribution < 1.29 is 4.79 Å². The number of thiazole rings is 1. The summed E-state index contributed by atoms with van der Waals surface area (Å²) < 4.78 is 0. The molecule has 0 bridgehead atoms. The van der Waals surface area contributed by atoms with Crippen molar-refractivity contribution in [3.8, 4) is 0 Å². The zero-order valence-electron chi connectivity index (χ0n) is 15.0. The van der Waals surface area contributed by atoms with Crippen LogP contribution in [-0.2, 0) is 6.54 Å². The van der Waals surface area contributed by atoms with E-state index in [1.54, 1.807) is 16.2 Å². The van der Waals surface area contributed by atoms with Gasteiger partial charge in [-0.3, -0.25) is 9.69 Å². The Balaban J connectivity index is 1.68. The average Bonchev–Trinajstić information content (AvgIpc) is 3.28. The van der Waals surface area contributed by atoms with Crippen LogP contribution < -0.4 is 0 Å². The van der Waals surface area contributed by atoms with Gasteiger partial charge < -0.3 is 4.90 Å². The number of piperidine rings is 1. The molecule has 0 spiro atoms. The SMILES string of the molecule is CN(C)C(=O)c1sc2ncccc2c1[C@H]1CCCN(Cc2cscn2)C1. The molecular weight excluding hydrogens is 364 g/mol. The maximum absolute atomic E-state index is 12.8. The number of carbonyl (C=O) groups is 1. The predicted octanol–water partition coefficient (Wildman–Crippen LogP) is 3.83. The van der Waals surface area contributed by atoms with Gasteiger partial charge in [0.15, 0.2) is 0 Å². The Bertz CT molecular complexity index is 904. The molecule has 1 aliphatic heterocycles. The zero-order valence-corrected chi connectivity index (χ0v) is 16.6. The quantitative estimate of drug-likeness (QED) is 0.684. The van der Waals surface area contributed by atoms with Gasteiger partial charge in [0.2, 0.25) is 0 Å². The second-order valence-electron chi connectivity index (χ2n) is 6.95. The number of hydrogen-bond acceptors (Lipinski definition) is 6. The van der Waals surface area contributed by atoms with E-state index in [0.29, 0.717) is 5.92 Å². The first-order valence-corrected chi connectivity index (χ1v) is 10.6. The molecule has 0 unspecified atom stereocenters. The first kappa shape index (κ1) is 17.6. The lowest BCUT2D eigenvalue weighted by atomic mass is 9.88. The van der Waals surface area contributed by atoms with Crippen LogP contribution >= 0.6 is 22.7 Å². The van der Waals surface area contributed by atoms with Crippen LogP contribution in [0.25, 0.3) is 10.2 Å². The third-order valence-electron chi connectivity index (χ3n) is 4.89. The van der Waals surface area contributed by atoms with Crippen LogP contribution in [0.2, 0.25) is 0 Å². The number of fused-ring (bicyclic) bond motifs is 1. The summed E-state index contributed by atoms with van der Waals surface area (Å²) in [6.07, 6.45) is 4.06. The highest BCUT2D eigenvalue weighted by molar-refractivity contribution is 7.20. The number of pyridine rings is 1. The fourth-order valence-corrected chi connectivity index (χ4v) is 5.50. The van der Waals surface area contributed by atoms with E-state index in [0.717, 1.165) is 53.3 Å². The van der Waals surface area contributed by atoms with Gasteiger partial charge in [0.25, 0.3) is 5.91 Å². The van der Waals surface area contributed by atoms with Crippen molar-refractivity contribution in [2.75, 3.05) is 27.2 Å². The second-order valence-corrected chi connectivity index (χ2v) is 8.67. The molecule has 5 nitrogen and oxygen atoms in total. The third-order valence-corrected chi connectivity index (χ3v) is 6.64. The Hall–Kier alpha value is -1.83. The Labute approximate surface area is 161 Å². The smallest absolute Gasteiger partial charge is 0.263 e. The first-order chi connectivity index (χ1) is 12.6. The summed E-state index contributed by atoms with van der Waals surface area (Å²) in [6.45, 7) is 2.94. The predicted molar refractivity (Wildman–Crippen MR) is 107 cm³/mol. The van der Waals surface area contributed by atoms with Crippen molar-refractivity contribution >= 4 is 38.8 Å². The van der Waals surface area contributed by atoms with Crippen LogP contribution in [0.4, 0.5) is 0 Å². The number of amides is 1. The molecular formula is C19H22N4OS2. The fraction of sp³-hybridized carbons (Fsp3) is 0.421. The topological polar surface area (TPSA) is 49.3 Å². The van der Waals surface area contributed by atoms with Crippen molar-refractivity contribution in [3.05, 3.63) is 45.4 Å². The fourth-order valence-electron chi connectivity index (χ4n) is 3.70. The summed E-state index contributed by atoms with van der Waals surface area (Å²) in [7, 11) is 3.64. The number of rotatable bonds is 4. The Morgan fingerprint density at radius 3 is 3.04 bits per heavy atom. The van der Waals surface area contributed by atoms with Gasteiger partial charge in [0, 0.05) is 44.1 Å². The first-order valence-electron chi connectivity index (χ1n) is 8.82. The van der Waals surface area contributed by atoms with Crippen LogP contribution in [0.3, 0.4) is 0 Å². The molecule has 0 radical (unpaired) electrons. The van der Waals surface area contributed by atoms with Gasteiger partial charge in [-0.05, 0) is 36.9 Å². The summed E-state index contributed by atoms with van der Waals surface area (Å²) in [4.78, 5) is 27.7. The van der Waals surface area contributed by atoms with Gasteiger partial charge in [-0.25, -0.2) is 9.97 Å². The van der Waals surface area contributed by atoms with Crippen molar-refractivity contribution in [1.29, 1.82) is 0 Å². The molecule has 136 valence electrons. The number of aromatic nitrogens is 2. The molecule has 1 amide bonds. The third kappa shape index (κ3) is 3.39. The van der Waals surface area contributed by atoms with Crippen molar-refractivity contribution in [3.63, 3.8) is 0 Å². The molecule has 3 aromatic rings. The summed E-state index contributed by atoms with van der Waals surface area (Å²) in [5.41, 5.74) is 4.22. The summed E-state index contributed by atoms with van der Waals surface area (Å²) >= 11 is 3.17. The van der Waals surface area contributed by atoms with E-state index in [1.165, 1.54) is 16.9 Å². The molecule has 4 rings (SSSR count). The lowest BCUT2D eigenvalue weighted by molar-refractivity contribution is 0.0830. The van der Waals surface area contributed by atoms with Gasteiger partial charge in [0.05, 0.1) is 16.1 Å². The highest BCUT2D eigenvalue weighted by atomic mass is 32.1. The van der Waals surface area contributed by atoms with Gasteiger partial charge in [-0.2, -0.15) is 0 Å².